The van der Waals surface area contributed by atoms with E-state index in [9.17, 15) is 14.4 Å². The number of rotatable bonds is 2. The van der Waals surface area contributed by atoms with Gasteiger partial charge >= 0.3 is 5.97 Å². The Balaban J connectivity index is 1.61. The smallest absolute Gasteiger partial charge is 0.335 e. The third kappa shape index (κ3) is 1.32. The number of hydrogen-bond acceptors (Lipinski definition) is 3. The van der Waals surface area contributed by atoms with Crippen LogP contribution >= 0.6 is 0 Å². The molecule has 0 radical (unpaired) electrons. The van der Waals surface area contributed by atoms with Gasteiger partial charge in [0.15, 0.2) is 0 Å². The fourth-order valence-corrected chi connectivity index (χ4v) is 5.60. The zero-order chi connectivity index (χ0) is 16.9. The summed E-state index contributed by atoms with van der Waals surface area (Å²) in [6.45, 7) is 1.92. The highest BCUT2D eigenvalue weighted by molar-refractivity contribution is 6.24. The summed E-state index contributed by atoms with van der Waals surface area (Å²) in [7, 11) is 0. The number of imide groups is 1. The molecule has 0 aromatic heterocycles. The molecule has 1 aromatic rings. The summed E-state index contributed by atoms with van der Waals surface area (Å²) >= 11 is 0. The Morgan fingerprint density at radius 1 is 1.25 bits per heavy atom. The molecule has 3 fully saturated rings. The number of amides is 2. The molecular weight excluding hydrogens is 306 g/mol. The standard InChI is InChI=1S/C19H17NO4/c1-18-13-6-5-12(19(13)7-8-19)14(18)15(21)20(17(18)24)11-4-2-3-10(9-11)16(22)23/h2-6,9,12-14H,7-8H2,1H3,(H,22,23)/t12-,13-,14-,18+/m1/s1. The number of anilines is 1. The summed E-state index contributed by atoms with van der Waals surface area (Å²) in [6.07, 6.45) is 6.45. The van der Waals surface area contributed by atoms with Crippen LogP contribution in [0.4, 0.5) is 5.69 Å². The Morgan fingerprint density at radius 2 is 2.00 bits per heavy atom. The molecule has 1 aliphatic heterocycles. The van der Waals surface area contributed by atoms with E-state index in [4.69, 9.17) is 5.11 Å². The van der Waals surface area contributed by atoms with E-state index >= 15 is 0 Å². The van der Waals surface area contributed by atoms with Crippen molar-refractivity contribution in [1.82, 2.24) is 0 Å². The molecule has 1 spiro atoms. The lowest BCUT2D eigenvalue weighted by atomic mass is 9.71. The Hall–Kier alpha value is -2.43. The van der Waals surface area contributed by atoms with Gasteiger partial charge in [-0.15, -0.1) is 0 Å². The molecule has 2 amide bonds. The Kier molecular flexibility index (Phi) is 2.31. The predicted octanol–water partition coefficient (Wildman–Crippen LogP) is 2.48. The second-order valence-electron chi connectivity index (χ2n) is 7.72. The molecule has 4 aliphatic rings. The SMILES string of the molecule is C[C@@]12C(=O)N(c3cccc(C(=O)O)c3)C(=O)[C@H]1[C@H]1C=C[C@H]2C12CC2. The van der Waals surface area contributed by atoms with Gasteiger partial charge in [-0.25, -0.2) is 9.69 Å². The molecule has 1 saturated heterocycles. The Labute approximate surface area is 139 Å². The maximum atomic E-state index is 13.2. The van der Waals surface area contributed by atoms with Crippen molar-refractivity contribution in [3.8, 4) is 0 Å². The highest BCUT2D eigenvalue weighted by Gasteiger charge is 2.78. The summed E-state index contributed by atoms with van der Waals surface area (Å²) in [5.74, 6) is -1.45. The fraction of sp³-hybridized carbons (Fsp3) is 0.421. The van der Waals surface area contributed by atoms with Crippen LogP contribution in [0.2, 0.25) is 0 Å². The van der Waals surface area contributed by atoms with Crippen LogP contribution in [0.25, 0.3) is 0 Å². The lowest BCUT2D eigenvalue weighted by molar-refractivity contribution is -0.127. The van der Waals surface area contributed by atoms with Gasteiger partial charge in [-0.05, 0) is 55.2 Å². The highest BCUT2D eigenvalue weighted by atomic mass is 16.4. The van der Waals surface area contributed by atoms with Crippen molar-refractivity contribution in [2.75, 3.05) is 4.90 Å². The monoisotopic (exact) mass is 323 g/mol. The quantitative estimate of drug-likeness (QED) is 0.670. The number of allylic oxidation sites excluding steroid dienone is 2. The molecule has 2 bridgehead atoms. The van der Waals surface area contributed by atoms with Gasteiger partial charge in [-0.3, -0.25) is 9.59 Å². The summed E-state index contributed by atoms with van der Waals surface area (Å²) < 4.78 is 0. The van der Waals surface area contributed by atoms with Gasteiger partial charge in [0.05, 0.1) is 22.6 Å². The normalized spacial score (nSPS) is 37.4. The van der Waals surface area contributed by atoms with E-state index in [-0.39, 0.29) is 40.5 Å². The number of nitrogens with zero attached hydrogens (tertiary/aromatic N) is 1. The number of benzene rings is 1. The molecule has 0 unspecified atom stereocenters. The van der Waals surface area contributed by atoms with Crippen molar-refractivity contribution in [2.24, 2.45) is 28.6 Å². The van der Waals surface area contributed by atoms with Crippen molar-refractivity contribution in [2.45, 2.75) is 19.8 Å². The molecular formula is C19H17NO4. The van der Waals surface area contributed by atoms with Crippen LogP contribution < -0.4 is 4.90 Å². The van der Waals surface area contributed by atoms with Crippen molar-refractivity contribution >= 4 is 23.5 Å². The van der Waals surface area contributed by atoms with Gasteiger partial charge in [0.25, 0.3) is 0 Å². The molecule has 4 atom stereocenters. The van der Waals surface area contributed by atoms with Crippen molar-refractivity contribution in [1.29, 1.82) is 0 Å². The van der Waals surface area contributed by atoms with E-state index in [1.165, 1.54) is 17.0 Å². The van der Waals surface area contributed by atoms with E-state index in [0.717, 1.165) is 12.8 Å². The topological polar surface area (TPSA) is 74.7 Å². The minimum absolute atomic E-state index is 0.0788. The van der Waals surface area contributed by atoms with E-state index < -0.39 is 11.4 Å². The first-order valence-electron chi connectivity index (χ1n) is 8.31. The summed E-state index contributed by atoms with van der Waals surface area (Å²) in [5, 5.41) is 9.17. The Bertz CT molecular complexity index is 853. The van der Waals surface area contributed by atoms with Crippen LogP contribution in [-0.4, -0.2) is 22.9 Å². The third-order valence-electron chi connectivity index (χ3n) is 6.77. The lowest BCUT2D eigenvalue weighted by Gasteiger charge is -2.29. The zero-order valence-corrected chi connectivity index (χ0v) is 13.2. The average molecular weight is 323 g/mol. The van der Waals surface area contributed by atoms with Gasteiger partial charge < -0.3 is 5.11 Å². The summed E-state index contributed by atoms with van der Waals surface area (Å²) in [6, 6.07) is 6.08. The molecule has 1 N–H and O–H groups in total. The third-order valence-corrected chi connectivity index (χ3v) is 6.77. The van der Waals surface area contributed by atoms with Crippen LogP contribution in [-0.2, 0) is 9.59 Å². The largest absolute Gasteiger partial charge is 0.478 e. The van der Waals surface area contributed by atoms with Crippen LogP contribution in [0, 0.1) is 28.6 Å². The number of carbonyl (C=O) groups excluding carboxylic acids is 2. The van der Waals surface area contributed by atoms with Crippen LogP contribution in [0.1, 0.15) is 30.1 Å². The molecule has 5 rings (SSSR count). The number of carboxylic acids is 1. The number of aromatic carboxylic acids is 1. The van der Waals surface area contributed by atoms with Gasteiger partial charge in [-0.2, -0.15) is 0 Å². The number of hydrogen-bond donors (Lipinski definition) is 1. The molecule has 122 valence electrons. The maximum Gasteiger partial charge on any atom is 0.335 e. The average Bonchev–Trinajstić information content (AvgIpc) is 3.17. The molecule has 24 heavy (non-hydrogen) atoms. The zero-order valence-electron chi connectivity index (χ0n) is 13.2. The van der Waals surface area contributed by atoms with Crippen LogP contribution in [0.3, 0.4) is 0 Å². The van der Waals surface area contributed by atoms with E-state index in [0.29, 0.717) is 5.69 Å². The predicted molar refractivity (Wildman–Crippen MR) is 85.3 cm³/mol. The molecule has 2 saturated carbocycles. The van der Waals surface area contributed by atoms with Gasteiger partial charge in [0, 0.05) is 0 Å². The summed E-state index contributed by atoms with van der Waals surface area (Å²) in [4.78, 5) is 38.8. The highest BCUT2D eigenvalue weighted by Crippen LogP contribution is 2.77. The molecule has 5 nitrogen and oxygen atoms in total. The van der Waals surface area contributed by atoms with Crippen LogP contribution in [0.15, 0.2) is 36.4 Å². The Morgan fingerprint density at radius 3 is 2.62 bits per heavy atom. The van der Waals surface area contributed by atoms with Crippen molar-refractivity contribution in [3.63, 3.8) is 0 Å². The van der Waals surface area contributed by atoms with Gasteiger partial charge in [0.2, 0.25) is 11.8 Å². The summed E-state index contributed by atoms with van der Waals surface area (Å²) in [5.41, 5.74) is -0.105. The maximum absolute atomic E-state index is 13.2. The lowest BCUT2D eigenvalue weighted by Crippen LogP contribution is -2.39. The van der Waals surface area contributed by atoms with E-state index in [1.807, 2.05) is 6.92 Å². The molecule has 1 aromatic carbocycles. The van der Waals surface area contributed by atoms with Gasteiger partial charge in [-0.1, -0.05) is 18.2 Å². The number of fused-ring (bicyclic) bond motifs is 3. The molecule has 3 aliphatic carbocycles. The van der Waals surface area contributed by atoms with Gasteiger partial charge in [0.1, 0.15) is 0 Å². The number of carboxylic acid groups (broad SMARTS) is 1. The minimum Gasteiger partial charge on any atom is -0.478 e. The first-order valence-corrected chi connectivity index (χ1v) is 8.31. The van der Waals surface area contributed by atoms with Crippen LogP contribution in [0.5, 0.6) is 0 Å². The fourth-order valence-electron chi connectivity index (χ4n) is 5.60. The van der Waals surface area contributed by atoms with E-state index in [1.54, 1.807) is 12.1 Å². The second-order valence-corrected chi connectivity index (χ2v) is 7.72. The first-order chi connectivity index (χ1) is 11.4. The molecule has 5 heteroatoms. The van der Waals surface area contributed by atoms with E-state index in [2.05, 4.69) is 12.2 Å². The first kappa shape index (κ1) is 14.0. The van der Waals surface area contributed by atoms with Crippen molar-refractivity contribution in [3.05, 3.63) is 42.0 Å². The number of carbonyl (C=O) groups is 3. The molecule has 1 heterocycles. The second kappa shape index (κ2) is 3.97. The minimum atomic E-state index is -1.07. The van der Waals surface area contributed by atoms with Crippen molar-refractivity contribution < 1.29 is 19.5 Å².